The Balaban J connectivity index is 1.46. The first kappa shape index (κ1) is 34.0. The Hall–Kier alpha value is -2.39. The van der Waals surface area contributed by atoms with Gasteiger partial charge in [0.2, 0.25) is 0 Å². The number of ketones is 1. The number of halogens is 7. The molecule has 0 unspecified atom stereocenters. The number of benzene rings is 4. The van der Waals surface area contributed by atoms with E-state index in [1.54, 1.807) is 24.3 Å². The van der Waals surface area contributed by atoms with Gasteiger partial charge in [-0.25, -0.2) is 9.80 Å². The first-order valence-electron chi connectivity index (χ1n) is 12.4. The summed E-state index contributed by atoms with van der Waals surface area (Å²) in [4.78, 5) is 67.4. The van der Waals surface area contributed by atoms with Gasteiger partial charge < -0.3 is 4.74 Å². The summed E-state index contributed by atoms with van der Waals surface area (Å²) in [6, 6.07) is 16.2. The van der Waals surface area contributed by atoms with Crippen LogP contribution >= 0.6 is 103 Å². The van der Waals surface area contributed by atoms with Crippen LogP contribution in [0.25, 0.3) is 0 Å². The third-order valence-electron chi connectivity index (χ3n) is 6.48. The van der Waals surface area contributed by atoms with Crippen LogP contribution < -0.4 is 4.74 Å². The molecule has 1 heterocycles. The standard InChI is InChI=1S/C30H13Br5Cl2N2O6/c31-16-6-1-14(2-7-16)30(44)45-17-8-3-13(4-9-17)20(40)12-38(27(41)15-5-10-18(36)19(37)11-15)39-28(42)21-22(29(39)43)24(33)26(35)25(34)23(21)32/h1-11H,12H2. The fourth-order valence-corrected chi connectivity index (χ4v) is 7.28. The molecule has 8 nitrogen and oxygen atoms in total. The highest BCUT2D eigenvalue weighted by atomic mass is 79.9. The molecule has 0 aromatic heterocycles. The number of amides is 3. The number of hydrogen-bond donors (Lipinski definition) is 0. The molecule has 15 heteroatoms. The van der Waals surface area contributed by atoms with Gasteiger partial charge in [0.25, 0.3) is 17.7 Å². The van der Waals surface area contributed by atoms with Crippen molar-refractivity contribution < 1.29 is 28.7 Å². The second-order valence-corrected chi connectivity index (χ2v) is 14.2. The molecule has 0 N–H and O–H groups in total. The first-order chi connectivity index (χ1) is 21.3. The molecule has 0 saturated carbocycles. The molecular weight excluding hydrogens is 955 g/mol. The van der Waals surface area contributed by atoms with E-state index in [9.17, 15) is 24.0 Å². The van der Waals surface area contributed by atoms with E-state index in [2.05, 4.69) is 79.6 Å². The number of imide groups is 1. The van der Waals surface area contributed by atoms with Crippen LogP contribution in [0.1, 0.15) is 51.8 Å². The van der Waals surface area contributed by atoms with Crippen molar-refractivity contribution in [3.63, 3.8) is 0 Å². The lowest BCUT2D eigenvalue weighted by Crippen LogP contribution is -2.51. The van der Waals surface area contributed by atoms with Crippen molar-refractivity contribution in [1.82, 2.24) is 10.0 Å². The fraction of sp³-hybridized carbons (Fsp3) is 0.0333. The molecule has 5 rings (SSSR count). The minimum atomic E-state index is -0.859. The predicted molar refractivity (Wildman–Crippen MR) is 185 cm³/mol. The summed E-state index contributed by atoms with van der Waals surface area (Å²) in [6.45, 7) is -0.708. The number of ether oxygens (including phenoxy) is 1. The molecule has 45 heavy (non-hydrogen) atoms. The van der Waals surface area contributed by atoms with Gasteiger partial charge in [-0.05, 0) is 130 Å². The summed E-state index contributed by atoms with van der Waals surface area (Å²) in [5, 5.41) is 1.62. The third-order valence-corrected chi connectivity index (χ3v) is 12.5. The van der Waals surface area contributed by atoms with Crippen molar-refractivity contribution in [2.45, 2.75) is 0 Å². The summed E-state index contributed by atoms with van der Waals surface area (Å²) >= 11 is 28.9. The van der Waals surface area contributed by atoms with Crippen molar-refractivity contribution in [1.29, 1.82) is 0 Å². The SMILES string of the molecule is O=C(CN(C(=O)c1ccc(Cl)c(Cl)c1)N1C(=O)c2c(Br)c(Br)c(Br)c(Br)c2C1=O)c1ccc(OC(=O)c2ccc(Br)cc2)cc1. The number of fused-ring (bicyclic) bond motifs is 1. The number of esters is 1. The van der Waals surface area contributed by atoms with E-state index in [4.69, 9.17) is 27.9 Å². The minimum Gasteiger partial charge on any atom is -0.423 e. The van der Waals surface area contributed by atoms with Crippen LogP contribution in [0.2, 0.25) is 10.0 Å². The van der Waals surface area contributed by atoms with E-state index >= 15 is 0 Å². The average molecular weight is 968 g/mol. The van der Waals surface area contributed by atoms with E-state index in [0.29, 0.717) is 19.5 Å². The highest BCUT2D eigenvalue weighted by Gasteiger charge is 2.46. The summed E-state index contributed by atoms with van der Waals surface area (Å²) in [5.41, 5.74) is 0.393. The molecule has 228 valence electrons. The smallest absolute Gasteiger partial charge is 0.343 e. The monoisotopic (exact) mass is 962 g/mol. The number of hydrogen-bond acceptors (Lipinski definition) is 6. The molecule has 0 radical (unpaired) electrons. The topological polar surface area (TPSA) is 101 Å². The van der Waals surface area contributed by atoms with Crippen LogP contribution in [0.4, 0.5) is 0 Å². The molecule has 0 spiro atoms. The van der Waals surface area contributed by atoms with E-state index < -0.39 is 36.0 Å². The maximum absolute atomic E-state index is 13.9. The van der Waals surface area contributed by atoms with Crippen LogP contribution in [0, 0.1) is 0 Å². The van der Waals surface area contributed by atoms with Gasteiger partial charge in [0.15, 0.2) is 5.78 Å². The van der Waals surface area contributed by atoms with Gasteiger partial charge in [0.1, 0.15) is 12.3 Å². The Morgan fingerprint density at radius 3 is 1.71 bits per heavy atom. The highest BCUT2D eigenvalue weighted by Crippen LogP contribution is 2.45. The zero-order valence-corrected chi connectivity index (χ0v) is 31.5. The maximum Gasteiger partial charge on any atom is 0.343 e. The molecule has 0 aliphatic carbocycles. The van der Waals surface area contributed by atoms with E-state index in [1.807, 2.05) is 0 Å². The van der Waals surface area contributed by atoms with Crippen LogP contribution in [-0.2, 0) is 0 Å². The Morgan fingerprint density at radius 1 is 0.667 bits per heavy atom. The van der Waals surface area contributed by atoms with Crippen LogP contribution in [0.15, 0.2) is 89.1 Å². The molecule has 1 aliphatic heterocycles. The van der Waals surface area contributed by atoms with Gasteiger partial charge >= 0.3 is 5.97 Å². The second kappa shape index (κ2) is 13.8. The fourth-order valence-electron chi connectivity index (χ4n) is 4.26. The molecular formula is C30H13Br5Cl2N2O6. The Morgan fingerprint density at radius 2 is 1.18 bits per heavy atom. The lowest BCUT2D eigenvalue weighted by atomic mass is 10.1. The Kier molecular flexibility index (Phi) is 10.4. The molecule has 0 bridgehead atoms. The number of hydrazine groups is 1. The molecule has 0 fully saturated rings. The van der Waals surface area contributed by atoms with E-state index in [0.717, 1.165) is 9.48 Å². The van der Waals surface area contributed by atoms with Crippen molar-refractivity contribution in [2.75, 3.05) is 6.54 Å². The van der Waals surface area contributed by atoms with Crippen LogP contribution in [0.3, 0.4) is 0 Å². The molecule has 4 aromatic rings. The molecule has 1 aliphatic rings. The van der Waals surface area contributed by atoms with Gasteiger partial charge in [-0.3, -0.25) is 19.2 Å². The zero-order valence-electron chi connectivity index (χ0n) is 22.0. The predicted octanol–water partition coefficient (Wildman–Crippen LogP) is 9.56. The van der Waals surface area contributed by atoms with Crippen molar-refractivity contribution in [2.24, 2.45) is 0 Å². The Labute approximate surface area is 307 Å². The number of nitrogens with zero attached hydrogens (tertiary/aromatic N) is 2. The normalized spacial score (nSPS) is 12.3. The molecule has 3 amide bonds. The molecule has 4 aromatic carbocycles. The van der Waals surface area contributed by atoms with Crippen molar-refractivity contribution in [3.8, 4) is 5.75 Å². The third kappa shape index (κ3) is 6.71. The molecule has 0 atom stereocenters. The zero-order chi connectivity index (χ0) is 32.7. The lowest BCUT2D eigenvalue weighted by Gasteiger charge is -2.29. The summed E-state index contributed by atoms with van der Waals surface area (Å²) in [7, 11) is 0. The molecule has 0 saturated heterocycles. The van der Waals surface area contributed by atoms with Gasteiger partial charge in [0, 0.05) is 33.5 Å². The van der Waals surface area contributed by atoms with E-state index in [-0.39, 0.29) is 47.0 Å². The van der Waals surface area contributed by atoms with E-state index in [1.165, 1.54) is 42.5 Å². The van der Waals surface area contributed by atoms with Gasteiger partial charge in [-0.2, -0.15) is 5.01 Å². The van der Waals surface area contributed by atoms with Gasteiger partial charge in [-0.1, -0.05) is 39.1 Å². The van der Waals surface area contributed by atoms with Crippen molar-refractivity contribution >= 4 is 132 Å². The van der Waals surface area contributed by atoms with Gasteiger partial charge in [0.05, 0.1) is 26.7 Å². The number of carbonyl (C=O) groups is 5. The maximum atomic E-state index is 13.9. The average Bonchev–Trinajstić information content (AvgIpc) is 3.28. The minimum absolute atomic E-state index is 0.0155. The number of carbonyl (C=O) groups excluding carboxylic acids is 5. The summed E-state index contributed by atoms with van der Waals surface area (Å²) in [6.07, 6.45) is 0. The van der Waals surface area contributed by atoms with Gasteiger partial charge in [-0.15, -0.1) is 0 Å². The highest BCUT2D eigenvalue weighted by molar-refractivity contribution is 9.15. The number of rotatable bonds is 7. The van der Waals surface area contributed by atoms with Crippen LogP contribution in [0.5, 0.6) is 5.75 Å². The largest absolute Gasteiger partial charge is 0.423 e. The van der Waals surface area contributed by atoms with Crippen molar-refractivity contribution in [3.05, 3.63) is 127 Å². The second-order valence-electron chi connectivity index (χ2n) is 9.26. The quantitative estimate of drug-likeness (QED) is 0.0457. The number of Topliss-reactive ketones (excluding diaryl/α,β-unsaturated/α-hetero) is 1. The first-order valence-corrected chi connectivity index (χ1v) is 17.1. The Bertz CT molecular complexity index is 1890. The summed E-state index contributed by atoms with van der Waals surface area (Å²) in [5.74, 6) is -3.58. The summed E-state index contributed by atoms with van der Waals surface area (Å²) < 4.78 is 7.65. The van der Waals surface area contributed by atoms with Crippen LogP contribution in [-0.4, -0.2) is 46.0 Å². The lowest BCUT2D eigenvalue weighted by molar-refractivity contribution is 0.00526.